The van der Waals surface area contributed by atoms with Crippen LogP contribution in [-0.2, 0) is 7.05 Å². The van der Waals surface area contributed by atoms with E-state index in [1.54, 1.807) is 41.2 Å². The highest BCUT2D eigenvalue weighted by atomic mass is 16.6. The van der Waals surface area contributed by atoms with E-state index in [4.69, 9.17) is 9.47 Å². The van der Waals surface area contributed by atoms with Crippen LogP contribution >= 0.6 is 0 Å². The first-order valence-corrected chi connectivity index (χ1v) is 6.76. The van der Waals surface area contributed by atoms with E-state index in [1.165, 1.54) is 0 Å². The lowest BCUT2D eigenvalue weighted by Crippen LogP contribution is -2.15. The molecule has 0 unspecified atom stereocenters. The normalized spacial score (nSPS) is 13.6. The molecule has 0 aliphatic carbocycles. The number of carbonyl (C=O) groups is 1. The van der Waals surface area contributed by atoms with Gasteiger partial charge in [-0.25, -0.2) is 0 Å². The van der Waals surface area contributed by atoms with Gasteiger partial charge in [0, 0.05) is 23.9 Å². The maximum atomic E-state index is 12.2. The zero-order valence-electron chi connectivity index (χ0n) is 12.0. The number of ether oxygens (including phenoxy) is 2. The Bertz CT molecular complexity index is 716. The van der Waals surface area contributed by atoms with Crippen molar-refractivity contribution in [2.45, 2.75) is 6.92 Å². The second-order valence-corrected chi connectivity index (χ2v) is 4.86. The monoisotopic (exact) mass is 284 g/mol. The molecule has 1 aliphatic rings. The van der Waals surface area contributed by atoms with Crippen molar-refractivity contribution in [3.05, 3.63) is 47.3 Å². The summed E-state index contributed by atoms with van der Waals surface area (Å²) in [6, 6.07) is 5.23. The van der Waals surface area contributed by atoms with Gasteiger partial charge in [0.1, 0.15) is 13.2 Å². The molecule has 0 saturated carbocycles. The lowest BCUT2D eigenvalue weighted by molar-refractivity contribution is 0.104. The van der Waals surface area contributed by atoms with E-state index < -0.39 is 0 Å². The van der Waals surface area contributed by atoms with Crippen LogP contribution in [0.2, 0.25) is 0 Å². The molecule has 0 fully saturated rings. The average Bonchev–Trinajstić information content (AvgIpc) is 2.84. The summed E-state index contributed by atoms with van der Waals surface area (Å²) < 4.78 is 12.7. The summed E-state index contributed by atoms with van der Waals surface area (Å²) >= 11 is 0. The van der Waals surface area contributed by atoms with Gasteiger partial charge in [-0.1, -0.05) is 0 Å². The van der Waals surface area contributed by atoms with Crippen molar-refractivity contribution in [2.75, 3.05) is 13.2 Å². The second kappa shape index (κ2) is 5.44. The highest BCUT2D eigenvalue weighted by molar-refractivity contribution is 6.07. The van der Waals surface area contributed by atoms with Gasteiger partial charge in [-0.3, -0.25) is 9.48 Å². The Labute approximate surface area is 122 Å². The first-order valence-electron chi connectivity index (χ1n) is 6.76. The van der Waals surface area contributed by atoms with Crippen LogP contribution in [0.1, 0.15) is 21.6 Å². The molecule has 0 radical (unpaired) electrons. The summed E-state index contributed by atoms with van der Waals surface area (Å²) in [5.41, 5.74) is 2.53. The van der Waals surface area contributed by atoms with Crippen LogP contribution in [0.15, 0.2) is 30.5 Å². The fourth-order valence-corrected chi connectivity index (χ4v) is 2.14. The van der Waals surface area contributed by atoms with Crippen molar-refractivity contribution < 1.29 is 14.3 Å². The third-order valence-electron chi connectivity index (χ3n) is 3.51. The Morgan fingerprint density at radius 3 is 2.76 bits per heavy atom. The Hall–Kier alpha value is -2.56. The maximum absolute atomic E-state index is 12.2. The molecular formula is C16H16N2O3. The number of nitrogens with zero attached hydrogens (tertiary/aromatic N) is 2. The number of aromatic nitrogens is 2. The highest BCUT2D eigenvalue weighted by Gasteiger charge is 2.13. The molecule has 0 atom stereocenters. The van der Waals surface area contributed by atoms with Crippen molar-refractivity contribution >= 4 is 11.9 Å². The number of rotatable bonds is 3. The molecule has 1 aromatic carbocycles. The van der Waals surface area contributed by atoms with E-state index in [1.807, 2.05) is 14.0 Å². The third-order valence-corrected chi connectivity index (χ3v) is 3.51. The predicted octanol–water partition coefficient (Wildman–Crippen LogP) is 2.40. The molecule has 2 heterocycles. The number of fused-ring (bicyclic) bond motifs is 1. The van der Waals surface area contributed by atoms with Gasteiger partial charge in [-0.2, -0.15) is 5.10 Å². The molecule has 108 valence electrons. The molecule has 0 N–H and O–H groups in total. The van der Waals surface area contributed by atoms with Crippen molar-refractivity contribution in [2.24, 2.45) is 7.05 Å². The number of hydrogen-bond donors (Lipinski definition) is 0. The lowest BCUT2D eigenvalue weighted by Gasteiger charge is -2.18. The highest BCUT2D eigenvalue weighted by Crippen LogP contribution is 2.30. The van der Waals surface area contributed by atoms with Gasteiger partial charge in [0.15, 0.2) is 17.3 Å². The molecule has 2 aromatic rings. The summed E-state index contributed by atoms with van der Waals surface area (Å²) in [6.45, 7) is 3.01. The molecule has 21 heavy (non-hydrogen) atoms. The fraction of sp³-hybridized carbons (Fsp3) is 0.250. The van der Waals surface area contributed by atoms with Gasteiger partial charge < -0.3 is 9.47 Å². The third kappa shape index (κ3) is 2.67. The molecule has 1 aromatic heterocycles. The van der Waals surface area contributed by atoms with Gasteiger partial charge in [-0.15, -0.1) is 0 Å². The topological polar surface area (TPSA) is 53.4 Å². The van der Waals surface area contributed by atoms with Crippen LogP contribution in [0.4, 0.5) is 0 Å². The van der Waals surface area contributed by atoms with Crippen molar-refractivity contribution in [3.63, 3.8) is 0 Å². The second-order valence-electron chi connectivity index (χ2n) is 4.86. The smallest absolute Gasteiger partial charge is 0.185 e. The van der Waals surface area contributed by atoms with Gasteiger partial charge in [-0.05, 0) is 37.3 Å². The number of carbonyl (C=O) groups excluding carboxylic acids is 1. The molecule has 5 nitrogen and oxygen atoms in total. The molecule has 0 saturated heterocycles. The van der Waals surface area contributed by atoms with Crippen LogP contribution in [-0.4, -0.2) is 28.8 Å². The largest absolute Gasteiger partial charge is 0.486 e. The van der Waals surface area contributed by atoms with E-state index in [2.05, 4.69) is 5.10 Å². The number of benzene rings is 1. The summed E-state index contributed by atoms with van der Waals surface area (Å²) in [6.07, 6.45) is 5.07. The Morgan fingerprint density at radius 2 is 2.05 bits per heavy atom. The van der Waals surface area contributed by atoms with Crippen LogP contribution in [0.25, 0.3) is 6.08 Å². The van der Waals surface area contributed by atoms with Crippen molar-refractivity contribution in [3.8, 4) is 11.5 Å². The van der Waals surface area contributed by atoms with Crippen LogP contribution in [0.3, 0.4) is 0 Å². The van der Waals surface area contributed by atoms with E-state index in [9.17, 15) is 4.79 Å². The summed E-state index contributed by atoms with van der Waals surface area (Å²) in [4.78, 5) is 12.2. The standard InChI is InChI=1S/C16H16N2O3/c1-11-13(10-17-18(11)2)3-5-14(19)12-4-6-15-16(9-12)21-8-7-20-15/h3-6,9-10H,7-8H2,1-2H3/b5-3-. The van der Waals surface area contributed by atoms with Crippen molar-refractivity contribution in [1.29, 1.82) is 0 Å². The molecule has 0 spiro atoms. The summed E-state index contributed by atoms with van der Waals surface area (Å²) in [7, 11) is 1.87. The Morgan fingerprint density at radius 1 is 1.29 bits per heavy atom. The van der Waals surface area contributed by atoms with Gasteiger partial charge in [0.25, 0.3) is 0 Å². The minimum absolute atomic E-state index is 0.0739. The van der Waals surface area contributed by atoms with Gasteiger partial charge in [0.05, 0.1) is 6.20 Å². The number of aryl methyl sites for hydroxylation is 1. The minimum Gasteiger partial charge on any atom is -0.486 e. The SMILES string of the molecule is Cc1c(/C=C\C(=O)c2ccc3c(c2)OCCO3)cnn1C. The fourth-order valence-electron chi connectivity index (χ4n) is 2.14. The van der Waals surface area contributed by atoms with Crippen LogP contribution in [0, 0.1) is 6.92 Å². The van der Waals surface area contributed by atoms with E-state index in [-0.39, 0.29) is 5.78 Å². The maximum Gasteiger partial charge on any atom is 0.185 e. The minimum atomic E-state index is -0.0739. The van der Waals surface area contributed by atoms with Crippen LogP contribution < -0.4 is 9.47 Å². The molecular weight excluding hydrogens is 268 g/mol. The van der Waals surface area contributed by atoms with Gasteiger partial charge >= 0.3 is 0 Å². The predicted molar refractivity (Wildman–Crippen MR) is 78.7 cm³/mol. The number of hydrogen-bond acceptors (Lipinski definition) is 4. The Balaban J connectivity index is 1.80. The number of allylic oxidation sites excluding steroid dienone is 1. The van der Waals surface area contributed by atoms with Crippen molar-refractivity contribution in [1.82, 2.24) is 9.78 Å². The molecule has 1 aliphatic heterocycles. The lowest BCUT2D eigenvalue weighted by atomic mass is 10.1. The summed E-state index contributed by atoms with van der Waals surface area (Å²) in [5, 5.41) is 4.14. The average molecular weight is 284 g/mol. The zero-order valence-corrected chi connectivity index (χ0v) is 12.0. The van der Waals surface area contributed by atoms with E-state index in [0.717, 1.165) is 11.3 Å². The molecule has 0 amide bonds. The first-order chi connectivity index (χ1) is 10.1. The van der Waals surface area contributed by atoms with E-state index in [0.29, 0.717) is 30.3 Å². The van der Waals surface area contributed by atoms with Crippen LogP contribution in [0.5, 0.6) is 11.5 Å². The van der Waals surface area contributed by atoms with E-state index >= 15 is 0 Å². The summed E-state index contributed by atoms with van der Waals surface area (Å²) in [5.74, 6) is 1.23. The molecule has 0 bridgehead atoms. The van der Waals surface area contributed by atoms with Gasteiger partial charge in [0.2, 0.25) is 0 Å². The quantitative estimate of drug-likeness (QED) is 0.641. The molecule has 3 rings (SSSR count). The first kappa shape index (κ1) is 13.4. The zero-order chi connectivity index (χ0) is 14.8. The Kier molecular flexibility index (Phi) is 3.48. The molecule has 5 heteroatoms. The number of ketones is 1.